The third-order valence-corrected chi connectivity index (χ3v) is 5.24. The van der Waals surface area contributed by atoms with Gasteiger partial charge in [-0.3, -0.25) is 4.99 Å². The van der Waals surface area contributed by atoms with Gasteiger partial charge in [-0.15, -0.1) is 24.0 Å². The standard InChI is InChI=1S/C17H35N3OS.HI/c1-3-18-16(19-12-7-8-14-22-2)20-15-17(11-13-21)9-5-4-6-10-17;/h21H,3-15H2,1-2H3,(H2,18,19,20);1H. The summed E-state index contributed by atoms with van der Waals surface area (Å²) in [5.74, 6) is 2.17. The maximum Gasteiger partial charge on any atom is 0.191 e. The minimum absolute atomic E-state index is 0. The van der Waals surface area contributed by atoms with Crippen LogP contribution in [0.4, 0.5) is 0 Å². The number of nitrogens with one attached hydrogen (secondary N) is 2. The summed E-state index contributed by atoms with van der Waals surface area (Å²) >= 11 is 1.91. The van der Waals surface area contributed by atoms with Gasteiger partial charge in [-0.1, -0.05) is 19.3 Å². The van der Waals surface area contributed by atoms with Crippen molar-refractivity contribution >= 4 is 41.7 Å². The molecule has 0 spiro atoms. The molecule has 1 aliphatic carbocycles. The molecule has 0 atom stereocenters. The van der Waals surface area contributed by atoms with Gasteiger partial charge in [0.15, 0.2) is 5.96 Å². The highest BCUT2D eigenvalue weighted by molar-refractivity contribution is 14.0. The lowest BCUT2D eigenvalue weighted by molar-refractivity contribution is 0.137. The molecule has 23 heavy (non-hydrogen) atoms. The van der Waals surface area contributed by atoms with Crippen molar-refractivity contribution < 1.29 is 5.11 Å². The van der Waals surface area contributed by atoms with Crippen molar-refractivity contribution in [1.82, 2.24) is 10.6 Å². The van der Waals surface area contributed by atoms with Crippen LogP contribution in [0.1, 0.15) is 58.3 Å². The Morgan fingerprint density at radius 2 is 1.91 bits per heavy atom. The second-order valence-corrected chi connectivity index (χ2v) is 7.34. The average molecular weight is 457 g/mol. The Balaban J connectivity index is 0.00000484. The van der Waals surface area contributed by atoms with Crippen molar-refractivity contribution in [2.45, 2.75) is 58.3 Å². The van der Waals surface area contributed by atoms with Crippen LogP contribution in [0.3, 0.4) is 0 Å². The lowest BCUT2D eigenvalue weighted by atomic mass is 9.72. The van der Waals surface area contributed by atoms with Crippen LogP contribution < -0.4 is 10.6 Å². The van der Waals surface area contributed by atoms with Crippen molar-refractivity contribution in [1.29, 1.82) is 0 Å². The van der Waals surface area contributed by atoms with Crippen LogP contribution in [0.25, 0.3) is 0 Å². The summed E-state index contributed by atoms with van der Waals surface area (Å²) in [5.41, 5.74) is 0.230. The molecule has 6 heteroatoms. The second kappa shape index (κ2) is 14.6. The van der Waals surface area contributed by atoms with E-state index in [-0.39, 0.29) is 36.0 Å². The molecule has 0 amide bonds. The van der Waals surface area contributed by atoms with Crippen LogP contribution in [0.5, 0.6) is 0 Å². The van der Waals surface area contributed by atoms with E-state index in [1.54, 1.807) is 0 Å². The van der Waals surface area contributed by atoms with Gasteiger partial charge >= 0.3 is 0 Å². The van der Waals surface area contributed by atoms with E-state index in [0.29, 0.717) is 0 Å². The lowest BCUT2D eigenvalue weighted by Crippen LogP contribution is -2.39. The Kier molecular flexibility index (Phi) is 14.8. The highest BCUT2D eigenvalue weighted by atomic mass is 127. The number of aliphatic hydroxyl groups is 1. The third-order valence-electron chi connectivity index (χ3n) is 4.54. The predicted molar refractivity (Wildman–Crippen MR) is 114 cm³/mol. The molecule has 0 aliphatic heterocycles. The highest BCUT2D eigenvalue weighted by Crippen LogP contribution is 2.39. The Morgan fingerprint density at radius 3 is 2.52 bits per heavy atom. The molecule has 1 aliphatic rings. The molecule has 1 rings (SSSR count). The van der Waals surface area contributed by atoms with Crippen molar-refractivity contribution in [2.24, 2.45) is 10.4 Å². The number of halogens is 1. The van der Waals surface area contributed by atoms with Crippen LogP contribution in [-0.4, -0.2) is 49.3 Å². The summed E-state index contributed by atoms with van der Waals surface area (Å²) in [6.45, 7) is 5.11. The Morgan fingerprint density at radius 1 is 1.17 bits per heavy atom. The average Bonchev–Trinajstić information content (AvgIpc) is 2.53. The number of aliphatic hydroxyl groups excluding tert-OH is 1. The van der Waals surface area contributed by atoms with Gasteiger partial charge in [0, 0.05) is 26.2 Å². The fourth-order valence-electron chi connectivity index (χ4n) is 3.19. The SMILES string of the molecule is CCNC(=NCC1(CCO)CCCCC1)NCCCCSC.I. The smallest absolute Gasteiger partial charge is 0.191 e. The molecule has 0 heterocycles. The minimum Gasteiger partial charge on any atom is -0.396 e. The first-order valence-electron chi connectivity index (χ1n) is 8.88. The molecular weight excluding hydrogens is 421 g/mol. The first-order valence-corrected chi connectivity index (χ1v) is 10.3. The number of nitrogens with zero attached hydrogens (tertiary/aromatic N) is 1. The van der Waals surface area contributed by atoms with Crippen molar-refractivity contribution in [3.63, 3.8) is 0 Å². The number of guanidine groups is 1. The molecule has 3 N–H and O–H groups in total. The van der Waals surface area contributed by atoms with Gasteiger partial charge in [0.25, 0.3) is 0 Å². The van der Waals surface area contributed by atoms with Gasteiger partial charge in [0.1, 0.15) is 0 Å². The van der Waals surface area contributed by atoms with Gasteiger partial charge in [0.2, 0.25) is 0 Å². The number of aliphatic imine (C=N–C) groups is 1. The summed E-state index contributed by atoms with van der Waals surface area (Å²) in [6, 6.07) is 0. The van der Waals surface area contributed by atoms with Gasteiger partial charge in [-0.05, 0) is 56.5 Å². The third kappa shape index (κ3) is 10.0. The maximum atomic E-state index is 9.39. The van der Waals surface area contributed by atoms with Crippen molar-refractivity contribution in [3.8, 4) is 0 Å². The summed E-state index contributed by atoms with van der Waals surface area (Å²) in [6.07, 6.45) is 11.8. The molecule has 0 aromatic heterocycles. The van der Waals surface area contributed by atoms with Gasteiger partial charge in [-0.2, -0.15) is 11.8 Å². The fourth-order valence-corrected chi connectivity index (χ4v) is 3.69. The number of thioether (sulfide) groups is 1. The Labute approximate surface area is 164 Å². The minimum atomic E-state index is 0. The molecule has 0 bridgehead atoms. The topological polar surface area (TPSA) is 56.7 Å². The van der Waals surface area contributed by atoms with E-state index in [1.807, 2.05) is 11.8 Å². The number of rotatable bonds is 10. The van der Waals surface area contributed by atoms with E-state index in [2.05, 4.69) is 23.8 Å². The van der Waals surface area contributed by atoms with Gasteiger partial charge in [0.05, 0.1) is 0 Å². The fraction of sp³-hybridized carbons (Fsp3) is 0.941. The molecule has 138 valence electrons. The molecule has 0 aromatic rings. The maximum absolute atomic E-state index is 9.39. The van der Waals surface area contributed by atoms with E-state index in [4.69, 9.17) is 4.99 Å². The summed E-state index contributed by atoms with van der Waals surface area (Å²) in [5, 5.41) is 16.2. The molecule has 0 saturated heterocycles. The van der Waals surface area contributed by atoms with Crippen LogP contribution in [-0.2, 0) is 0 Å². The Hall–Kier alpha value is 0.310. The largest absolute Gasteiger partial charge is 0.396 e. The number of hydrogen-bond acceptors (Lipinski definition) is 3. The second-order valence-electron chi connectivity index (χ2n) is 6.36. The first-order chi connectivity index (χ1) is 10.8. The van der Waals surface area contributed by atoms with E-state index >= 15 is 0 Å². The zero-order chi connectivity index (χ0) is 16.1. The summed E-state index contributed by atoms with van der Waals surface area (Å²) in [4.78, 5) is 4.82. The zero-order valence-corrected chi connectivity index (χ0v) is 18.1. The van der Waals surface area contributed by atoms with Crippen LogP contribution in [0, 0.1) is 5.41 Å². The predicted octanol–water partition coefficient (Wildman–Crippen LogP) is 3.64. The van der Waals surface area contributed by atoms with Crippen molar-refractivity contribution in [3.05, 3.63) is 0 Å². The first kappa shape index (κ1) is 23.3. The molecular formula is C17H36IN3OS. The molecule has 0 aromatic carbocycles. The van der Waals surface area contributed by atoms with Gasteiger partial charge in [-0.25, -0.2) is 0 Å². The van der Waals surface area contributed by atoms with Crippen molar-refractivity contribution in [2.75, 3.05) is 38.2 Å². The van der Waals surface area contributed by atoms with Crippen LogP contribution in [0.2, 0.25) is 0 Å². The molecule has 1 fully saturated rings. The monoisotopic (exact) mass is 457 g/mol. The van der Waals surface area contributed by atoms with E-state index in [0.717, 1.165) is 32.0 Å². The molecule has 0 radical (unpaired) electrons. The van der Waals surface area contributed by atoms with E-state index in [9.17, 15) is 5.11 Å². The number of hydrogen-bond donors (Lipinski definition) is 3. The van der Waals surface area contributed by atoms with Crippen LogP contribution >= 0.6 is 35.7 Å². The summed E-state index contributed by atoms with van der Waals surface area (Å²) < 4.78 is 0. The number of unbranched alkanes of at least 4 members (excludes halogenated alkanes) is 1. The Bertz CT molecular complexity index is 305. The lowest BCUT2D eigenvalue weighted by Gasteiger charge is -2.35. The van der Waals surface area contributed by atoms with Crippen LogP contribution in [0.15, 0.2) is 4.99 Å². The molecule has 0 unspecified atom stereocenters. The van der Waals surface area contributed by atoms with E-state index < -0.39 is 0 Å². The highest BCUT2D eigenvalue weighted by Gasteiger charge is 2.31. The zero-order valence-electron chi connectivity index (χ0n) is 14.9. The molecule has 1 saturated carbocycles. The van der Waals surface area contributed by atoms with E-state index in [1.165, 1.54) is 50.7 Å². The normalized spacial score (nSPS) is 17.4. The van der Waals surface area contributed by atoms with Gasteiger partial charge < -0.3 is 15.7 Å². The summed E-state index contributed by atoms with van der Waals surface area (Å²) in [7, 11) is 0. The molecule has 4 nitrogen and oxygen atoms in total. The quantitative estimate of drug-likeness (QED) is 0.203.